The molecule has 0 saturated heterocycles. The number of benzene rings is 2. The molecular formula is C17H20FN3O6S. The first-order valence-electron chi connectivity index (χ1n) is 8.18. The summed E-state index contributed by atoms with van der Waals surface area (Å²) in [5.41, 5.74) is 1.41. The standard InChI is InChI=1S/C15H14FN3O6S.C2H6/c16-11-3-1-10(2-4-11)14(9-15(20)17-21)18-26(24,25)13-7-5-12(6-8-13)19(22)23;1-2/h1-8,14,18,21H,9H2,(H,17,20);1-2H3/t14-;/m0./s1. The summed E-state index contributed by atoms with van der Waals surface area (Å²) in [5.74, 6) is -1.40. The van der Waals surface area contributed by atoms with Gasteiger partial charge in [0.1, 0.15) is 5.82 Å². The van der Waals surface area contributed by atoms with Gasteiger partial charge in [-0.3, -0.25) is 20.1 Å². The molecule has 0 aliphatic heterocycles. The van der Waals surface area contributed by atoms with E-state index in [4.69, 9.17) is 5.21 Å². The third-order valence-electron chi connectivity index (χ3n) is 3.44. The number of carbonyl (C=O) groups excluding carboxylic acids is 1. The van der Waals surface area contributed by atoms with Crippen LogP contribution in [0.15, 0.2) is 53.4 Å². The number of non-ortho nitro benzene ring substituents is 1. The number of amides is 1. The van der Waals surface area contributed by atoms with Crippen molar-refractivity contribution < 1.29 is 27.7 Å². The Bertz CT molecular complexity index is 901. The van der Waals surface area contributed by atoms with Crippen molar-refractivity contribution in [3.8, 4) is 0 Å². The van der Waals surface area contributed by atoms with Crippen LogP contribution in [0.25, 0.3) is 0 Å². The highest BCUT2D eigenvalue weighted by molar-refractivity contribution is 7.89. The third kappa shape index (κ3) is 6.37. The summed E-state index contributed by atoms with van der Waals surface area (Å²) >= 11 is 0. The van der Waals surface area contributed by atoms with Gasteiger partial charge in [-0.15, -0.1) is 0 Å². The maximum absolute atomic E-state index is 13.1. The molecule has 28 heavy (non-hydrogen) atoms. The van der Waals surface area contributed by atoms with Crippen molar-refractivity contribution in [2.75, 3.05) is 0 Å². The van der Waals surface area contributed by atoms with Gasteiger partial charge in [0.25, 0.3) is 5.69 Å². The number of hydrogen-bond donors (Lipinski definition) is 3. The van der Waals surface area contributed by atoms with Crippen molar-refractivity contribution in [3.05, 3.63) is 70.0 Å². The topological polar surface area (TPSA) is 139 Å². The Balaban J connectivity index is 0.00000190. The predicted molar refractivity (Wildman–Crippen MR) is 98.5 cm³/mol. The van der Waals surface area contributed by atoms with E-state index in [1.807, 2.05) is 13.8 Å². The van der Waals surface area contributed by atoms with E-state index in [9.17, 15) is 27.7 Å². The summed E-state index contributed by atoms with van der Waals surface area (Å²) in [6.07, 6.45) is -0.450. The van der Waals surface area contributed by atoms with Crippen LogP contribution in [0.4, 0.5) is 10.1 Å². The number of rotatable bonds is 7. The molecule has 11 heteroatoms. The molecule has 0 saturated carbocycles. The maximum atomic E-state index is 13.1. The number of halogens is 1. The lowest BCUT2D eigenvalue weighted by Crippen LogP contribution is -2.33. The summed E-state index contributed by atoms with van der Waals surface area (Å²) < 4.78 is 40.3. The molecule has 2 rings (SSSR count). The molecule has 1 atom stereocenters. The molecule has 0 heterocycles. The second kappa shape index (κ2) is 10.4. The molecule has 1 amide bonds. The van der Waals surface area contributed by atoms with Gasteiger partial charge in [0, 0.05) is 18.6 Å². The van der Waals surface area contributed by atoms with Crippen molar-refractivity contribution in [2.45, 2.75) is 31.2 Å². The van der Waals surface area contributed by atoms with Crippen LogP contribution in [0.2, 0.25) is 0 Å². The fourth-order valence-corrected chi connectivity index (χ4v) is 3.38. The number of nitrogens with zero attached hydrogens (tertiary/aromatic N) is 1. The molecule has 2 aromatic rings. The molecule has 0 aliphatic rings. The Labute approximate surface area is 161 Å². The summed E-state index contributed by atoms with van der Waals surface area (Å²) in [7, 11) is -4.14. The molecule has 0 aromatic heterocycles. The minimum Gasteiger partial charge on any atom is -0.289 e. The number of carbonyl (C=O) groups is 1. The average Bonchev–Trinajstić information content (AvgIpc) is 2.69. The van der Waals surface area contributed by atoms with Gasteiger partial charge in [0.2, 0.25) is 15.9 Å². The van der Waals surface area contributed by atoms with Crippen molar-refractivity contribution in [1.82, 2.24) is 10.2 Å². The highest BCUT2D eigenvalue weighted by Gasteiger charge is 2.24. The minimum atomic E-state index is -4.14. The molecule has 9 nitrogen and oxygen atoms in total. The van der Waals surface area contributed by atoms with Crippen LogP contribution >= 0.6 is 0 Å². The zero-order valence-electron chi connectivity index (χ0n) is 15.1. The third-order valence-corrected chi connectivity index (χ3v) is 4.93. The Morgan fingerprint density at radius 3 is 2.14 bits per heavy atom. The lowest BCUT2D eigenvalue weighted by molar-refractivity contribution is -0.384. The molecule has 3 N–H and O–H groups in total. The lowest BCUT2D eigenvalue weighted by Gasteiger charge is -2.18. The second-order valence-electron chi connectivity index (χ2n) is 5.22. The first-order valence-corrected chi connectivity index (χ1v) is 9.66. The van der Waals surface area contributed by atoms with Gasteiger partial charge in [0.05, 0.1) is 15.9 Å². The number of hydroxylamine groups is 1. The van der Waals surface area contributed by atoms with Crippen LogP contribution in [-0.4, -0.2) is 24.5 Å². The highest BCUT2D eigenvalue weighted by atomic mass is 32.2. The average molecular weight is 413 g/mol. The molecule has 0 bridgehead atoms. The van der Waals surface area contributed by atoms with Crippen LogP contribution in [0.3, 0.4) is 0 Å². The molecule has 0 aliphatic carbocycles. The van der Waals surface area contributed by atoms with Crippen LogP contribution in [0.5, 0.6) is 0 Å². The van der Waals surface area contributed by atoms with Crippen LogP contribution < -0.4 is 10.2 Å². The SMILES string of the molecule is CC.O=C(C[C@H](NS(=O)(=O)c1ccc([N+](=O)[O-])cc1)c1ccc(F)cc1)NO. The summed E-state index contributed by atoms with van der Waals surface area (Å²) in [5, 5.41) is 19.3. The van der Waals surface area contributed by atoms with E-state index in [1.165, 1.54) is 17.6 Å². The molecule has 152 valence electrons. The van der Waals surface area contributed by atoms with Gasteiger partial charge in [-0.25, -0.2) is 23.0 Å². The van der Waals surface area contributed by atoms with E-state index in [2.05, 4.69) is 4.72 Å². The smallest absolute Gasteiger partial charge is 0.269 e. The summed E-state index contributed by atoms with van der Waals surface area (Å²) in [6.45, 7) is 4.00. The fourth-order valence-electron chi connectivity index (χ4n) is 2.16. The largest absolute Gasteiger partial charge is 0.289 e. The molecule has 0 spiro atoms. The molecule has 0 fully saturated rings. The summed E-state index contributed by atoms with van der Waals surface area (Å²) in [4.78, 5) is 21.2. The van der Waals surface area contributed by atoms with E-state index < -0.39 is 39.1 Å². The van der Waals surface area contributed by atoms with Crippen molar-refractivity contribution in [2.24, 2.45) is 0 Å². The van der Waals surface area contributed by atoms with Crippen molar-refractivity contribution in [1.29, 1.82) is 0 Å². The van der Waals surface area contributed by atoms with E-state index in [0.29, 0.717) is 5.56 Å². The predicted octanol–water partition coefficient (Wildman–Crippen LogP) is 2.68. The molecule has 0 radical (unpaired) electrons. The quantitative estimate of drug-likeness (QED) is 0.362. The second-order valence-corrected chi connectivity index (χ2v) is 6.93. The number of nitro groups is 1. The van der Waals surface area contributed by atoms with Gasteiger partial charge < -0.3 is 0 Å². The number of nitro benzene ring substituents is 1. The van der Waals surface area contributed by atoms with E-state index in [1.54, 1.807) is 0 Å². The van der Waals surface area contributed by atoms with Crippen LogP contribution in [0.1, 0.15) is 31.9 Å². The Morgan fingerprint density at radius 1 is 1.14 bits per heavy atom. The van der Waals surface area contributed by atoms with Gasteiger partial charge in [0.15, 0.2) is 0 Å². The zero-order chi connectivity index (χ0) is 21.3. The number of sulfonamides is 1. The number of hydrogen-bond acceptors (Lipinski definition) is 6. The Hall–Kier alpha value is -2.89. The van der Waals surface area contributed by atoms with Crippen molar-refractivity contribution in [3.63, 3.8) is 0 Å². The van der Waals surface area contributed by atoms with Crippen molar-refractivity contribution >= 4 is 21.6 Å². The minimum absolute atomic E-state index is 0.250. The lowest BCUT2D eigenvalue weighted by atomic mass is 10.0. The molecule has 0 unspecified atom stereocenters. The maximum Gasteiger partial charge on any atom is 0.269 e. The van der Waals surface area contributed by atoms with Crippen LogP contribution in [-0.2, 0) is 14.8 Å². The van der Waals surface area contributed by atoms with Gasteiger partial charge in [-0.1, -0.05) is 26.0 Å². The Kier molecular flexibility index (Phi) is 8.64. The number of nitrogens with one attached hydrogen (secondary N) is 2. The zero-order valence-corrected chi connectivity index (χ0v) is 15.9. The first kappa shape index (κ1) is 23.1. The first-order chi connectivity index (χ1) is 13.2. The monoisotopic (exact) mass is 413 g/mol. The fraction of sp³-hybridized carbons (Fsp3) is 0.235. The van der Waals surface area contributed by atoms with Gasteiger partial charge in [-0.05, 0) is 29.8 Å². The van der Waals surface area contributed by atoms with Gasteiger partial charge in [-0.2, -0.15) is 0 Å². The highest BCUT2D eigenvalue weighted by Crippen LogP contribution is 2.22. The summed E-state index contributed by atoms with van der Waals surface area (Å²) in [6, 6.07) is 7.85. The molecular weight excluding hydrogens is 393 g/mol. The normalized spacial score (nSPS) is 11.7. The van der Waals surface area contributed by atoms with Crippen LogP contribution in [0, 0.1) is 15.9 Å². The Morgan fingerprint density at radius 2 is 1.68 bits per heavy atom. The molecule has 2 aromatic carbocycles. The van der Waals surface area contributed by atoms with Gasteiger partial charge >= 0.3 is 0 Å². The van der Waals surface area contributed by atoms with E-state index in [0.717, 1.165) is 36.4 Å². The van der Waals surface area contributed by atoms with E-state index >= 15 is 0 Å². The van der Waals surface area contributed by atoms with E-state index in [-0.39, 0.29) is 10.6 Å².